The number of aromatic nitrogens is 1. The van der Waals surface area contributed by atoms with Crippen molar-refractivity contribution in [1.82, 2.24) is 15.2 Å². The lowest BCUT2D eigenvalue weighted by Crippen LogP contribution is -2.44. The number of pyridine rings is 1. The molecule has 1 N–H and O–H groups in total. The standard InChI is InChI=1S/C25H33N3O3/c1-18-15-28(16-19(2)30-18)17-20-9-11-21(12-10-20)24(29)27-14-22-6-5-13-26-25(22)31-23-7-3-4-8-23/h5-6,9-13,18-19,23H,3-4,7-8,14-17H2,1-2H3,(H,27,29)/t18-,19-/m1/s1. The summed E-state index contributed by atoms with van der Waals surface area (Å²) >= 11 is 0. The molecule has 0 unspecified atom stereocenters. The number of nitrogens with zero attached hydrogens (tertiary/aromatic N) is 2. The summed E-state index contributed by atoms with van der Waals surface area (Å²) in [5.74, 6) is 0.551. The van der Waals surface area contributed by atoms with Crippen LogP contribution in [0.1, 0.15) is 61.0 Å². The molecule has 2 atom stereocenters. The summed E-state index contributed by atoms with van der Waals surface area (Å²) in [5.41, 5.74) is 2.78. The predicted molar refractivity (Wildman–Crippen MR) is 120 cm³/mol. The van der Waals surface area contributed by atoms with Crippen molar-refractivity contribution in [2.24, 2.45) is 0 Å². The van der Waals surface area contributed by atoms with Crippen molar-refractivity contribution in [3.05, 3.63) is 59.3 Å². The Hall–Kier alpha value is -2.44. The second-order valence-corrected chi connectivity index (χ2v) is 8.82. The van der Waals surface area contributed by atoms with Gasteiger partial charge in [0.25, 0.3) is 5.91 Å². The van der Waals surface area contributed by atoms with E-state index in [0.29, 0.717) is 18.0 Å². The van der Waals surface area contributed by atoms with E-state index in [2.05, 4.69) is 29.0 Å². The van der Waals surface area contributed by atoms with E-state index >= 15 is 0 Å². The van der Waals surface area contributed by atoms with Crippen molar-refractivity contribution in [1.29, 1.82) is 0 Å². The first kappa shape index (κ1) is 21.8. The van der Waals surface area contributed by atoms with Gasteiger partial charge < -0.3 is 14.8 Å². The molecule has 1 aliphatic heterocycles. The van der Waals surface area contributed by atoms with Crippen molar-refractivity contribution in [3.8, 4) is 5.88 Å². The van der Waals surface area contributed by atoms with Crippen LogP contribution in [0.3, 0.4) is 0 Å². The zero-order valence-electron chi connectivity index (χ0n) is 18.5. The summed E-state index contributed by atoms with van der Waals surface area (Å²) in [6.07, 6.45) is 7.08. The SMILES string of the molecule is C[C@@H]1CN(Cc2ccc(C(=O)NCc3cccnc3OC3CCCC3)cc2)C[C@@H](C)O1. The van der Waals surface area contributed by atoms with Gasteiger partial charge in [0.1, 0.15) is 6.10 Å². The molecular weight excluding hydrogens is 390 g/mol. The molecule has 6 heteroatoms. The summed E-state index contributed by atoms with van der Waals surface area (Å²) in [5, 5.41) is 3.01. The summed E-state index contributed by atoms with van der Waals surface area (Å²) < 4.78 is 11.9. The van der Waals surface area contributed by atoms with Gasteiger partial charge in [0.05, 0.1) is 12.2 Å². The van der Waals surface area contributed by atoms with Gasteiger partial charge in [-0.25, -0.2) is 4.98 Å². The molecule has 1 aliphatic carbocycles. The summed E-state index contributed by atoms with van der Waals surface area (Å²) in [4.78, 5) is 19.5. The summed E-state index contributed by atoms with van der Waals surface area (Å²) in [6, 6.07) is 11.7. The van der Waals surface area contributed by atoms with Gasteiger partial charge in [-0.1, -0.05) is 18.2 Å². The van der Waals surface area contributed by atoms with Crippen molar-refractivity contribution in [2.75, 3.05) is 13.1 Å². The maximum atomic E-state index is 12.7. The van der Waals surface area contributed by atoms with Gasteiger partial charge in [0.15, 0.2) is 0 Å². The van der Waals surface area contributed by atoms with Gasteiger partial charge in [-0.05, 0) is 63.3 Å². The highest BCUT2D eigenvalue weighted by Gasteiger charge is 2.22. The van der Waals surface area contributed by atoms with Crippen LogP contribution in [0.25, 0.3) is 0 Å². The topological polar surface area (TPSA) is 63.7 Å². The molecular formula is C25H33N3O3. The van der Waals surface area contributed by atoms with Crippen LogP contribution < -0.4 is 10.1 Å². The quantitative estimate of drug-likeness (QED) is 0.731. The highest BCUT2D eigenvalue weighted by Crippen LogP contribution is 2.25. The smallest absolute Gasteiger partial charge is 0.251 e. The molecule has 2 fully saturated rings. The van der Waals surface area contributed by atoms with Crippen LogP contribution in [0.2, 0.25) is 0 Å². The van der Waals surface area contributed by atoms with Crippen LogP contribution in [0.15, 0.2) is 42.6 Å². The second-order valence-electron chi connectivity index (χ2n) is 8.82. The number of rotatable bonds is 7. The molecule has 0 bridgehead atoms. The molecule has 166 valence electrons. The number of hydrogen-bond donors (Lipinski definition) is 1. The number of carbonyl (C=O) groups is 1. The average Bonchev–Trinajstić information content (AvgIpc) is 3.26. The molecule has 1 aromatic carbocycles. The molecule has 1 saturated heterocycles. The number of benzene rings is 1. The zero-order chi connectivity index (χ0) is 21.6. The highest BCUT2D eigenvalue weighted by atomic mass is 16.5. The van der Waals surface area contributed by atoms with Crippen LogP contribution in [0.5, 0.6) is 5.88 Å². The number of carbonyl (C=O) groups excluding carboxylic acids is 1. The summed E-state index contributed by atoms with van der Waals surface area (Å²) in [6.45, 7) is 7.37. The first-order chi connectivity index (χ1) is 15.1. The van der Waals surface area contributed by atoms with E-state index in [1.165, 1.54) is 18.4 Å². The largest absolute Gasteiger partial charge is 0.474 e. The van der Waals surface area contributed by atoms with Crippen LogP contribution in [0.4, 0.5) is 0 Å². The molecule has 6 nitrogen and oxygen atoms in total. The zero-order valence-corrected chi connectivity index (χ0v) is 18.5. The molecule has 2 heterocycles. The molecule has 2 aliphatic rings. The molecule has 4 rings (SSSR count). The van der Waals surface area contributed by atoms with Crippen molar-refractivity contribution < 1.29 is 14.3 Å². The van der Waals surface area contributed by atoms with Crippen molar-refractivity contribution >= 4 is 5.91 Å². The molecule has 2 aromatic rings. The van der Waals surface area contributed by atoms with Gasteiger partial charge >= 0.3 is 0 Å². The van der Waals surface area contributed by atoms with Crippen LogP contribution in [-0.2, 0) is 17.8 Å². The van der Waals surface area contributed by atoms with E-state index in [1.807, 2.05) is 36.4 Å². The lowest BCUT2D eigenvalue weighted by molar-refractivity contribution is -0.0704. The lowest BCUT2D eigenvalue weighted by atomic mass is 10.1. The molecule has 0 radical (unpaired) electrons. The second kappa shape index (κ2) is 10.2. The number of morpholine rings is 1. The fourth-order valence-corrected chi connectivity index (χ4v) is 4.54. The Bertz CT molecular complexity index is 855. The van der Waals surface area contributed by atoms with E-state index in [4.69, 9.17) is 9.47 Å². The normalized spacial score (nSPS) is 22.4. The minimum Gasteiger partial charge on any atom is -0.474 e. The Kier molecular flexibility index (Phi) is 7.20. The van der Waals surface area contributed by atoms with E-state index < -0.39 is 0 Å². The molecule has 1 amide bonds. The lowest BCUT2D eigenvalue weighted by Gasteiger charge is -2.35. The van der Waals surface area contributed by atoms with Crippen molar-refractivity contribution in [2.45, 2.75) is 70.9 Å². The highest BCUT2D eigenvalue weighted by molar-refractivity contribution is 5.94. The third-order valence-corrected chi connectivity index (χ3v) is 5.99. The van der Waals surface area contributed by atoms with E-state index in [0.717, 1.165) is 38.0 Å². The molecule has 0 spiro atoms. The van der Waals surface area contributed by atoms with Gasteiger partial charge in [-0.3, -0.25) is 9.69 Å². The Morgan fingerprint density at radius 2 is 1.84 bits per heavy atom. The van der Waals surface area contributed by atoms with Crippen LogP contribution in [0, 0.1) is 0 Å². The van der Waals surface area contributed by atoms with E-state index in [-0.39, 0.29) is 24.2 Å². The Morgan fingerprint density at radius 3 is 2.55 bits per heavy atom. The summed E-state index contributed by atoms with van der Waals surface area (Å²) in [7, 11) is 0. The fourth-order valence-electron chi connectivity index (χ4n) is 4.54. The Morgan fingerprint density at radius 1 is 1.13 bits per heavy atom. The number of amides is 1. The van der Waals surface area contributed by atoms with E-state index in [1.54, 1.807) is 6.20 Å². The molecule has 1 aromatic heterocycles. The third kappa shape index (κ3) is 6.05. The van der Waals surface area contributed by atoms with Gasteiger partial charge in [-0.15, -0.1) is 0 Å². The minimum atomic E-state index is -0.0872. The van der Waals surface area contributed by atoms with Crippen molar-refractivity contribution in [3.63, 3.8) is 0 Å². The van der Waals surface area contributed by atoms with Crippen LogP contribution in [-0.4, -0.2) is 47.2 Å². The number of ether oxygens (including phenoxy) is 2. The van der Waals surface area contributed by atoms with E-state index in [9.17, 15) is 4.79 Å². The van der Waals surface area contributed by atoms with Crippen LogP contribution >= 0.6 is 0 Å². The average molecular weight is 424 g/mol. The number of hydrogen-bond acceptors (Lipinski definition) is 5. The number of nitrogens with one attached hydrogen (secondary N) is 1. The minimum absolute atomic E-state index is 0.0872. The maximum Gasteiger partial charge on any atom is 0.251 e. The molecule has 1 saturated carbocycles. The molecule has 31 heavy (non-hydrogen) atoms. The monoisotopic (exact) mass is 423 g/mol. The maximum absolute atomic E-state index is 12.7. The predicted octanol–water partition coefficient (Wildman–Crippen LogP) is 3.94. The fraction of sp³-hybridized carbons (Fsp3) is 0.520. The third-order valence-electron chi connectivity index (χ3n) is 5.99. The van der Waals surface area contributed by atoms with Gasteiger partial charge in [-0.2, -0.15) is 0 Å². The van der Waals surface area contributed by atoms with Gasteiger partial charge in [0.2, 0.25) is 5.88 Å². The Labute approximate surface area is 185 Å². The first-order valence-electron chi connectivity index (χ1n) is 11.4. The van der Waals surface area contributed by atoms with Gasteiger partial charge in [0, 0.05) is 43.5 Å². The Balaban J connectivity index is 1.31. The first-order valence-corrected chi connectivity index (χ1v) is 11.4.